The molecular formula is C17H26O3. The maximum absolute atomic E-state index is 11.4. The minimum Gasteiger partial charge on any atom is -0.492 e. The highest BCUT2D eigenvalue weighted by Crippen LogP contribution is 2.34. The number of hydrogen-bond acceptors (Lipinski definition) is 2. The van der Waals surface area contributed by atoms with Crippen LogP contribution in [-0.2, 0) is 0 Å². The fourth-order valence-electron chi connectivity index (χ4n) is 2.33. The van der Waals surface area contributed by atoms with Crippen LogP contribution in [0.25, 0.3) is 0 Å². The molecule has 112 valence electrons. The summed E-state index contributed by atoms with van der Waals surface area (Å²) in [5.41, 5.74) is 1.30. The van der Waals surface area contributed by atoms with Crippen molar-refractivity contribution in [1.82, 2.24) is 0 Å². The van der Waals surface area contributed by atoms with Gasteiger partial charge < -0.3 is 9.84 Å². The van der Waals surface area contributed by atoms with Crippen LogP contribution < -0.4 is 4.74 Å². The summed E-state index contributed by atoms with van der Waals surface area (Å²) in [5.74, 6) is 0.540. The molecule has 3 heteroatoms. The highest BCUT2D eigenvalue weighted by Gasteiger charge is 2.19. The Morgan fingerprint density at radius 1 is 1.25 bits per heavy atom. The van der Waals surface area contributed by atoms with E-state index in [1.165, 1.54) is 0 Å². The summed E-state index contributed by atoms with van der Waals surface area (Å²) in [4.78, 5) is 11.4. The van der Waals surface area contributed by atoms with Crippen molar-refractivity contribution in [1.29, 1.82) is 0 Å². The van der Waals surface area contributed by atoms with E-state index in [2.05, 4.69) is 27.7 Å². The molecule has 0 spiro atoms. The number of carboxylic acid groups (broad SMARTS) is 1. The van der Waals surface area contributed by atoms with Gasteiger partial charge >= 0.3 is 5.97 Å². The molecule has 0 aliphatic rings. The predicted octanol–water partition coefficient (Wildman–Crippen LogP) is 4.71. The zero-order valence-corrected chi connectivity index (χ0v) is 13.0. The van der Waals surface area contributed by atoms with Crippen molar-refractivity contribution in [2.45, 2.75) is 52.9 Å². The van der Waals surface area contributed by atoms with Crippen molar-refractivity contribution in [3.05, 3.63) is 29.3 Å². The number of carboxylic acids is 1. The molecule has 0 saturated carbocycles. The van der Waals surface area contributed by atoms with Gasteiger partial charge in [0.1, 0.15) is 11.3 Å². The molecule has 0 aromatic heterocycles. The Hall–Kier alpha value is -1.51. The van der Waals surface area contributed by atoms with Gasteiger partial charge in [0.25, 0.3) is 0 Å². The summed E-state index contributed by atoms with van der Waals surface area (Å²) in [5, 5.41) is 9.35. The zero-order chi connectivity index (χ0) is 15.1. The molecule has 0 fully saturated rings. The molecule has 1 aromatic carbocycles. The first kappa shape index (κ1) is 16.5. The van der Waals surface area contributed by atoms with Crippen molar-refractivity contribution < 1.29 is 14.6 Å². The Kier molecular flexibility index (Phi) is 6.56. The average Bonchev–Trinajstić information content (AvgIpc) is 2.40. The van der Waals surface area contributed by atoms with Gasteiger partial charge in [0, 0.05) is 0 Å². The van der Waals surface area contributed by atoms with Gasteiger partial charge in [0.15, 0.2) is 0 Å². The van der Waals surface area contributed by atoms with Crippen molar-refractivity contribution in [2.75, 3.05) is 6.61 Å². The molecule has 0 aliphatic heterocycles. The summed E-state index contributed by atoms with van der Waals surface area (Å²) in [6, 6.07) is 5.43. The molecule has 1 rings (SSSR count). The van der Waals surface area contributed by atoms with Gasteiger partial charge in [-0.15, -0.1) is 0 Å². The van der Waals surface area contributed by atoms with E-state index in [0.717, 1.165) is 24.8 Å². The van der Waals surface area contributed by atoms with E-state index < -0.39 is 5.97 Å². The van der Waals surface area contributed by atoms with Crippen LogP contribution >= 0.6 is 0 Å². The summed E-state index contributed by atoms with van der Waals surface area (Å²) >= 11 is 0. The van der Waals surface area contributed by atoms with Gasteiger partial charge in [-0.05, 0) is 42.7 Å². The van der Waals surface area contributed by atoms with E-state index in [1.807, 2.05) is 12.1 Å². The minimum atomic E-state index is -0.919. The molecule has 0 atom stereocenters. The van der Waals surface area contributed by atoms with E-state index in [1.54, 1.807) is 6.07 Å². The molecule has 20 heavy (non-hydrogen) atoms. The number of ether oxygens (including phenoxy) is 1. The van der Waals surface area contributed by atoms with Gasteiger partial charge in [-0.2, -0.15) is 0 Å². The Morgan fingerprint density at radius 2 is 1.90 bits per heavy atom. The number of rotatable bonds is 8. The minimum absolute atomic E-state index is 0.276. The summed E-state index contributed by atoms with van der Waals surface area (Å²) in [7, 11) is 0. The number of benzene rings is 1. The third kappa shape index (κ3) is 4.26. The van der Waals surface area contributed by atoms with Crippen LogP contribution in [0.4, 0.5) is 0 Å². The van der Waals surface area contributed by atoms with Crippen LogP contribution in [0, 0.1) is 5.92 Å². The smallest absolute Gasteiger partial charge is 0.339 e. The standard InChI is InChI=1S/C17H26O3/c1-5-13(6-2)14-8-7-9-15(17(18)19)16(14)20-11-10-12(3)4/h7-9,12-13H,5-6,10-11H2,1-4H3,(H,18,19). The lowest BCUT2D eigenvalue weighted by molar-refractivity contribution is 0.0691. The van der Waals surface area contributed by atoms with Gasteiger partial charge in [-0.3, -0.25) is 0 Å². The van der Waals surface area contributed by atoms with Crippen molar-refractivity contribution in [2.24, 2.45) is 5.92 Å². The molecule has 0 saturated heterocycles. The number of aromatic carboxylic acids is 1. The molecule has 0 heterocycles. The van der Waals surface area contributed by atoms with Crippen LogP contribution in [-0.4, -0.2) is 17.7 Å². The molecule has 1 N–H and O–H groups in total. The normalized spacial score (nSPS) is 11.1. The maximum Gasteiger partial charge on any atom is 0.339 e. The van der Waals surface area contributed by atoms with Gasteiger partial charge in [-0.25, -0.2) is 4.79 Å². The van der Waals surface area contributed by atoms with Gasteiger partial charge in [-0.1, -0.05) is 39.8 Å². The largest absolute Gasteiger partial charge is 0.492 e. The number of para-hydroxylation sites is 1. The second-order valence-electron chi connectivity index (χ2n) is 5.57. The van der Waals surface area contributed by atoms with Crippen LogP contribution in [0.2, 0.25) is 0 Å². The van der Waals surface area contributed by atoms with E-state index >= 15 is 0 Å². The van der Waals surface area contributed by atoms with E-state index in [9.17, 15) is 9.90 Å². The second kappa shape index (κ2) is 7.93. The lowest BCUT2D eigenvalue weighted by atomic mass is 9.91. The first-order valence-electron chi connectivity index (χ1n) is 7.50. The van der Waals surface area contributed by atoms with Gasteiger partial charge in [0.2, 0.25) is 0 Å². The van der Waals surface area contributed by atoms with E-state index in [-0.39, 0.29) is 5.56 Å². The third-order valence-corrected chi connectivity index (χ3v) is 3.64. The third-order valence-electron chi connectivity index (χ3n) is 3.64. The quantitative estimate of drug-likeness (QED) is 0.748. The maximum atomic E-state index is 11.4. The Labute approximate surface area is 122 Å². The first-order chi connectivity index (χ1) is 9.51. The van der Waals surface area contributed by atoms with Crippen LogP contribution in [0.3, 0.4) is 0 Å². The van der Waals surface area contributed by atoms with Crippen molar-refractivity contribution in [3.8, 4) is 5.75 Å². The van der Waals surface area contributed by atoms with Gasteiger partial charge in [0.05, 0.1) is 6.61 Å². The molecule has 0 bridgehead atoms. The van der Waals surface area contributed by atoms with Crippen molar-refractivity contribution >= 4 is 5.97 Å². The molecule has 0 aliphatic carbocycles. The molecular weight excluding hydrogens is 252 g/mol. The summed E-state index contributed by atoms with van der Waals surface area (Å²) in [6.45, 7) is 9.08. The topological polar surface area (TPSA) is 46.5 Å². The lowest BCUT2D eigenvalue weighted by Gasteiger charge is -2.20. The highest BCUT2D eigenvalue weighted by atomic mass is 16.5. The fraction of sp³-hybridized carbons (Fsp3) is 0.588. The molecule has 3 nitrogen and oxygen atoms in total. The van der Waals surface area contributed by atoms with Crippen LogP contribution in [0.1, 0.15) is 68.8 Å². The highest BCUT2D eigenvalue weighted by molar-refractivity contribution is 5.91. The molecule has 0 amide bonds. The van der Waals surface area contributed by atoms with E-state index in [4.69, 9.17) is 4.74 Å². The number of carbonyl (C=O) groups is 1. The zero-order valence-electron chi connectivity index (χ0n) is 13.0. The summed E-state index contributed by atoms with van der Waals surface area (Å²) < 4.78 is 5.84. The predicted molar refractivity (Wildman–Crippen MR) is 81.7 cm³/mol. The fourth-order valence-corrected chi connectivity index (χ4v) is 2.33. The molecule has 1 aromatic rings. The Morgan fingerprint density at radius 3 is 2.40 bits per heavy atom. The SMILES string of the molecule is CCC(CC)c1cccc(C(=O)O)c1OCCC(C)C. The molecule has 0 unspecified atom stereocenters. The monoisotopic (exact) mass is 278 g/mol. The second-order valence-corrected chi connectivity index (χ2v) is 5.57. The molecule has 0 radical (unpaired) electrons. The Balaban J connectivity index is 3.09. The Bertz CT molecular complexity index is 434. The lowest BCUT2D eigenvalue weighted by Crippen LogP contribution is -2.10. The summed E-state index contributed by atoms with van der Waals surface area (Å²) in [6.07, 6.45) is 2.90. The average molecular weight is 278 g/mol. The van der Waals surface area contributed by atoms with E-state index in [0.29, 0.717) is 24.2 Å². The van der Waals surface area contributed by atoms with Crippen molar-refractivity contribution in [3.63, 3.8) is 0 Å². The first-order valence-corrected chi connectivity index (χ1v) is 7.50. The number of hydrogen-bond donors (Lipinski definition) is 1. The van der Waals surface area contributed by atoms with Crippen LogP contribution in [0.15, 0.2) is 18.2 Å². The van der Waals surface area contributed by atoms with Crippen LogP contribution in [0.5, 0.6) is 5.75 Å².